The van der Waals surface area contributed by atoms with Gasteiger partial charge in [0.2, 0.25) is 5.91 Å². The molecule has 26 heavy (non-hydrogen) atoms. The van der Waals surface area contributed by atoms with E-state index in [0.29, 0.717) is 22.9 Å². The zero-order valence-electron chi connectivity index (χ0n) is 15.1. The summed E-state index contributed by atoms with van der Waals surface area (Å²) in [4.78, 5) is 28.3. The van der Waals surface area contributed by atoms with Gasteiger partial charge in [0.05, 0.1) is 19.8 Å². The first-order chi connectivity index (χ1) is 12.4. The molecule has 3 rings (SSSR count). The molecule has 1 amide bonds. The van der Waals surface area contributed by atoms with Crippen LogP contribution in [-0.2, 0) is 4.79 Å². The molecule has 0 spiro atoms. The first-order valence-electron chi connectivity index (χ1n) is 8.27. The summed E-state index contributed by atoms with van der Waals surface area (Å²) in [5.41, 5.74) is 1.11. The van der Waals surface area contributed by atoms with Gasteiger partial charge in [0.1, 0.15) is 5.82 Å². The highest BCUT2D eigenvalue weighted by Gasteiger charge is 2.31. The van der Waals surface area contributed by atoms with Crippen LogP contribution in [-0.4, -0.2) is 29.7 Å². The number of ether oxygens (including phenoxy) is 2. The number of anilines is 1. The lowest BCUT2D eigenvalue weighted by Crippen LogP contribution is -2.35. The predicted molar refractivity (Wildman–Crippen MR) is 101 cm³/mol. The minimum absolute atomic E-state index is 0.0970. The standard InChI is InChI=1S/C18H21N3O4S/c1-9(2)21-17(23)15-11(8-14(22)19-16(15)20-18(21)26)10-5-6-12(24-3)13(7-10)25-4/h5-7,9,11H,8H2,1-4H3,(H,19,22)(H,20,26). The van der Waals surface area contributed by atoms with Crippen molar-refractivity contribution in [2.45, 2.75) is 32.2 Å². The zero-order chi connectivity index (χ0) is 19.0. The Morgan fingerprint density at radius 3 is 2.50 bits per heavy atom. The molecule has 1 atom stereocenters. The summed E-state index contributed by atoms with van der Waals surface area (Å²) in [7, 11) is 3.11. The number of carbonyl (C=O) groups is 1. The number of carbonyl (C=O) groups excluding carboxylic acids is 1. The van der Waals surface area contributed by atoms with Crippen molar-refractivity contribution in [2.75, 3.05) is 19.5 Å². The number of aromatic amines is 1. The number of hydrogen-bond donors (Lipinski definition) is 2. The molecule has 2 aromatic rings. The van der Waals surface area contributed by atoms with E-state index in [1.165, 1.54) is 4.57 Å². The van der Waals surface area contributed by atoms with Crippen LogP contribution in [0.4, 0.5) is 5.82 Å². The number of rotatable bonds is 4. The number of amides is 1. The topological polar surface area (TPSA) is 85.4 Å². The molecule has 0 saturated heterocycles. The summed E-state index contributed by atoms with van der Waals surface area (Å²) in [6.45, 7) is 3.79. The van der Waals surface area contributed by atoms with Crippen molar-refractivity contribution in [3.63, 3.8) is 0 Å². The van der Waals surface area contributed by atoms with E-state index in [0.717, 1.165) is 5.56 Å². The monoisotopic (exact) mass is 375 g/mol. The van der Waals surface area contributed by atoms with E-state index in [-0.39, 0.29) is 28.7 Å². The molecule has 0 saturated carbocycles. The molecule has 0 radical (unpaired) electrons. The number of aromatic nitrogens is 2. The Morgan fingerprint density at radius 1 is 1.19 bits per heavy atom. The zero-order valence-corrected chi connectivity index (χ0v) is 15.9. The van der Waals surface area contributed by atoms with Crippen LogP contribution in [0.25, 0.3) is 0 Å². The fraction of sp³-hybridized carbons (Fsp3) is 0.389. The van der Waals surface area contributed by atoms with Gasteiger partial charge in [-0.3, -0.25) is 14.2 Å². The largest absolute Gasteiger partial charge is 0.493 e. The Kier molecular flexibility index (Phi) is 4.86. The third kappa shape index (κ3) is 3.01. The summed E-state index contributed by atoms with van der Waals surface area (Å²) in [6, 6.07) is 5.31. The number of nitrogens with zero attached hydrogens (tertiary/aromatic N) is 1. The molecule has 2 N–H and O–H groups in total. The van der Waals surface area contributed by atoms with Crippen molar-refractivity contribution >= 4 is 23.9 Å². The van der Waals surface area contributed by atoms with Crippen LogP contribution in [0.15, 0.2) is 23.0 Å². The normalized spacial score (nSPS) is 16.2. The lowest BCUT2D eigenvalue weighted by molar-refractivity contribution is -0.116. The van der Waals surface area contributed by atoms with Crippen LogP contribution in [0.1, 0.15) is 43.4 Å². The van der Waals surface area contributed by atoms with E-state index in [4.69, 9.17) is 21.7 Å². The van der Waals surface area contributed by atoms with Crippen LogP contribution < -0.4 is 20.3 Å². The molecule has 0 aliphatic carbocycles. The Balaban J connectivity index is 2.23. The number of benzene rings is 1. The first kappa shape index (κ1) is 18.2. The lowest BCUT2D eigenvalue weighted by atomic mass is 9.86. The second-order valence-corrected chi connectivity index (χ2v) is 6.79. The van der Waals surface area contributed by atoms with E-state index in [1.54, 1.807) is 26.4 Å². The molecule has 8 heteroatoms. The molecule has 1 aromatic heterocycles. The second-order valence-electron chi connectivity index (χ2n) is 6.41. The van der Waals surface area contributed by atoms with E-state index in [2.05, 4.69) is 10.3 Å². The fourth-order valence-electron chi connectivity index (χ4n) is 3.29. The summed E-state index contributed by atoms with van der Waals surface area (Å²) in [5, 5.41) is 2.73. The summed E-state index contributed by atoms with van der Waals surface area (Å²) < 4.78 is 12.4. The average molecular weight is 375 g/mol. The SMILES string of the molecule is COc1ccc(C2CC(=O)Nc3[nH]c(=S)n(C(C)C)c(=O)c32)cc1OC. The van der Waals surface area contributed by atoms with Gasteiger partial charge in [-0.1, -0.05) is 6.07 Å². The predicted octanol–water partition coefficient (Wildman–Crippen LogP) is 2.98. The molecule has 138 valence electrons. The number of nitrogens with one attached hydrogen (secondary N) is 2. The van der Waals surface area contributed by atoms with Crippen LogP contribution in [0.2, 0.25) is 0 Å². The van der Waals surface area contributed by atoms with E-state index >= 15 is 0 Å². The van der Waals surface area contributed by atoms with Crippen molar-refractivity contribution < 1.29 is 14.3 Å². The van der Waals surface area contributed by atoms with E-state index in [1.807, 2.05) is 19.9 Å². The highest BCUT2D eigenvalue weighted by atomic mass is 32.1. The third-order valence-electron chi connectivity index (χ3n) is 4.50. The molecular formula is C18H21N3O4S. The smallest absolute Gasteiger partial charge is 0.260 e. The molecule has 1 aromatic carbocycles. The minimum Gasteiger partial charge on any atom is -0.493 e. The molecule has 1 unspecified atom stereocenters. The number of fused-ring (bicyclic) bond motifs is 1. The minimum atomic E-state index is -0.400. The van der Waals surface area contributed by atoms with E-state index < -0.39 is 5.92 Å². The Hall–Kier alpha value is -2.61. The number of H-pyrrole nitrogens is 1. The summed E-state index contributed by atoms with van der Waals surface area (Å²) in [5.74, 6) is 0.926. The van der Waals surface area contributed by atoms with Gasteiger partial charge in [-0.2, -0.15) is 0 Å². The van der Waals surface area contributed by atoms with Gasteiger partial charge in [-0.15, -0.1) is 0 Å². The fourth-order valence-corrected chi connectivity index (χ4v) is 3.68. The van der Waals surface area contributed by atoms with Gasteiger partial charge < -0.3 is 19.8 Å². The van der Waals surface area contributed by atoms with Crippen LogP contribution in [0, 0.1) is 4.77 Å². The highest BCUT2D eigenvalue weighted by Crippen LogP contribution is 2.38. The van der Waals surface area contributed by atoms with Gasteiger partial charge in [-0.05, 0) is 43.8 Å². The highest BCUT2D eigenvalue weighted by molar-refractivity contribution is 7.71. The number of methoxy groups -OCH3 is 2. The maximum atomic E-state index is 13.1. The van der Waals surface area contributed by atoms with E-state index in [9.17, 15) is 9.59 Å². The quantitative estimate of drug-likeness (QED) is 0.803. The molecular weight excluding hydrogens is 354 g/mol. The molecule has 0 bridgehead atoms. The molecule has 2 heterocycles. The van der Waals surface area contributed by atoms with Gasteiger partial charge >= 0.3 is 0 Å². The number of hydrogen-bond acceptors (Lipinski definition) is 5. The van der Waals surface area contributed by atoms with Crippen molar-refractivity contribution in [3.8, 4) is 11.5 Å². The van der Waals surface area contributed by atoms with Crippen molar-refractivity contribution in [2.24, 2.45) is 0 Å². The maximum absolute atomic E-state index is 13.1. The third-order valence-corrected chi connectivity index (χ3v) is 4.80. The van der Waals surface area contributed by atoms with Gasteiger partial charge in [0.15, 0.2) is 16.3 Å². The van der Waals surface area contributed by atoms with Crippen LogP contribution in [0.3, 0.4) is 0 Å². The van der Waals surface area contributed by atoms with Crippen LogP contribution in [0.5, 0.6) is 11.5 Å². The summed E-state index contributed by atoms with van der Waals surface area (Å²) >= 11 is 5.29. The van der Waals surface area contributed by atoms with Crippen molar-refractivity contribution in [1.82, 2.24) is 9.55 Å². The van der Waals surface area contributed by atoms with Gasteiger partial charge in [-0.25, -0.2) is 0 Å². The van der Waals surface area contributed by atoms with Crippen molar-refractivity contribution in [1.29, 1.82) is 0 Å². The van der Waals surface area contributed by atoms with Crippen molar-refractivity contribution in [3.05, 3.63) is 44.5 Å². The Morgan fingerprint density at radius 2 is 1.88 bits per heavy atom. The molecule has 1 aliphatic heterocycles. The Labute approximate surface area is 156 Å². The lowest BCUT2D eigenvalue weighted by Gasteiger charge is -2.27. The van der Waals surface area contributed by atoms with Gasteiger partial charge in [0.25, 0.3) is 5.56 Å². The van der Waals surface area contributed by atoms with Gasteiger partial charge in [0, 0.05) is 18.4 Å². The van der Waals surface area contributed by atoms with Crippen LogP contribution >= 0.6 is 12.2 Å². The molecule has 1 aliphatic rings. The second kappa shape index (κ2) is 6.95. The first-order valence-corrected chi connectivity index (χ1v) is 8.68. The molecule has 7 nitrogen and oxygen atoms in total. The average Bonchev–Trinajstić information content (AvgIpc) is 2.59. The molecule has 0 fully saturated rings. The summed E-state index contributed by atoms with van der Waals surface area (Å²) in [6.07, 6.45) is 0.167. The Bertz CT molecular complexity index is 977. The maximum Gasteiger partial charge on any atom is 0.260 e.